The average Bonchev–Trinajstić information content (AvgIpc) is 2.91. The maximum absolute atomic E-state index is 12.5. The first kappa shape index (κ1) is 22.8. The molecule has 0 aromatic carbocycles. The van der Waals surface area contributed by atoms with Crippen LogP contribution >= 0.6 is 12.4 Å². The zero-order chi connectivity index (χ0) is 19.3. The number of aryl methyl sites for hydroxylation is 2. The minimum absolute atomic E-state index is 0. The van der Waals surface area contributed by atoms with E-state index >= 15 is 0 Å². The molecule has 0 radical (unpaired) electrons. The van der Waals surface area contributed by atoms with Gasteiger partial charge in [-0.3, -0.25) is 24.4 Å². The molecule has 1 fully saturated rings. The summed E-state index contributed by atoms with van der Waals surface area (Å²) in [6.45, 7) is 5.32. The number of piperidine rings is 1. The molecule has 10 nitrogen and oxygen atoms in total. The Hall–Kier alpha value is -2.20. The summed E-state index contributed by atoms with van der Waals surface area (Å²) in [4.78, 5) is 36.8. The summed E-state index contributed by atoms with van der Waals surface area (Å²) in [7, 11) is 0. The van der Waals surface area contributed by atoms with E-state index in [1.165, 1.54) is 4.68 Å². The molecule has 1 aliphatic heterocycles. The van der Waals surface area contributed by atoms with Crippen molar-refractivity contribution >= 4 is 29.9 Å². The summed E-state index contributed by atoms with van der Waals surface area (Å²) in [6, 6.07) is 0. The van der Waals surface area contributed by atoms with E-state index in [9.17, 15) is 19.7 Å². The van der Waals surface area contributed by atoms with Crippen LogP contribution in [0.2, 0.25) is 0 Å². The van der Waals surface area contributed by atoms with E-state index in [0.717, 1.165) is 12.8 Å². The second kappa shape index (κ2) is 10.2. The lowest BCUT2D eigenvalue weighted by atomic mass is 9.97. The Kier molecular flexibility index (Phi) is 8.64. The Labute approximate surface area is 164 Å². The van der Waals surface area contributed by atoms with E-state index in [4.69, 9.17) is 5.73 Å². The number of likely N-dealkylation sites (tertiary alicyclic amines) is 1. The van der Waals surface area contributed by atoms with Crippen molar-refractivity contribution in [2.45, 2.75) is 39.7 Å². The van der Waals surface area contributed by atoms with E-state index in [-0.39, 0.29) is 48.8 Å². The Bertz CT molecular complexity index is 693. The lowest BCUT2D eigenvalue weighted by molar-refractivity contribution is -0.386. The quantitative estimate of drug-likeness (QED) is 0.504. The molecule has 0 spiro atoms. The molecule has 27 heavy (non-hydrogen) atoms. The van der Waals surface area contributed by atoms with E-state index in [0.29, 0.717) is 37.6 Å². The second-order valence-electron chi connectivity index (χ2n) is 6.51. The van der Waals surface area contributed by atoms with Gasteiger partial charge in [0.05, 0.1) is 17.4 Å². The zero-order valence-electron chi connectivity index (χ0n) is 15.6. The van der Waals surface area contributed by atoms with Gasteiger partial charge in [-0.15, -0.1) is 12.4 Å². The number of nitrogens with one attached hydrogen (secondary N) is 1. The molecule has 152 valence electrons. The van der Waals surface area contributed by atoms with Gasteiger partial charge in [-0.2, -0.15) is 5.10 Å². The number of aromatic nitrogens is 2. The van der Waals surface area contributed by atoms with Gasteiger partial charge in [0, 0.05) is 32.6 Å². The third kappa shape index (κ3) is 5.64. The van der Waals surface area contributed by atoms with Gasteiger partial charge in [-0.25, -0.2) is 0 Å². The average molecular weight is 403 g/mol. The number of rotatable bonds is 7. The van der Waals surface area contributed by atoms with Gasteiger partial charge in [-0.05, 0) is 26.7 Å². The lowest BCUT2D eigenvalue weighted by Crippen LogP contribution is -2.46. The predicted molar refractivity (Wildman–Crippen MR) is 102 cm³/mol. The summed E-state index contributed by atoms with van der Waals surface area (Å²) in [5.41, 5.74) is 6.17. The number of halogens is 1. The summed E-state index contributed by atoms with van der Waals surface area (Å²) in [6.07, 6.45) is 1.72. The highest BCUT2D eigenvalue weighted by Gasteiger charge is 2.28. The highest BCUT2D eigenvalue weighted by atomic mass is 35.5. The Morgan fingerprint density at radius 2 is 2.11 bits per heavy atom. The maximum atomic E-state index is 12.5. The van der Waals surface area contributed by atoms with E-state index < -0.39 is 4.92 Å². The standard InChI is InChI=1S/C16H26N6O4.ClH/c1-11-15(22(25)26)12(2)21(19-11)9-5-14(23)20-8-3-4-13(10-20)16(24)18-7-6-17;/h13H,3-10,17H2,1-2H3,(H,18,24);1H. The van der Waals surface area contributed by atoms with E-state index in [2.05, 4.69) is 10.4 Å². The first-order chi connectivity index (χ1) is 12.3. The monoisotopic (exact) mass is 402 g/mol. The van der Waals surface area contributed by atoms with Crippen LogP contribution in [0, 0.1) is 29.9 Å². The van der Waals surface area contributed by atoms with Crippen molar-refractivity contribution in [3.63, 3.8) is 0 Å². The highest BCUT2D eigenvalue weighted by Crippen LogP contribution is 2.22. The van der Waals surface area contributed by atoms with Crippen molar-refractivity contribution in [3.8, 4) is 0 Å². The van der Waals surface area contributed by atoms with Gasteiger partial charge < -0.3 is 16.0 Å². The van der Waals surface area contributed by atoms with Crippen LogP contribution in [0.4, 0.5) is 5.69 Å². The van der Waals surface area contributed by atoms with Crippen LogP contribution in [0.5, 0.6) is 0 Å². The number of carbonyl (C=O) groups excluding carboxylic acids is 2. The molecule has 11 heteroatoms. The molecule has 1 aliphatic rings. The minimum atomic E-state index is -0.453. The Morgan fingerprint density at radius 1 is 1.41 bits per heavy atom. The topological polar surface area (TPSA) is 136 Å². The van der Waals surface area contributed by atoms with Crippen LogP contribution in [0.3, 0.4) is 0 Å². The number of nitrogens with two attached hydrogens (primary N) is 1. The number of carbonyl (C=O) groups is 2. The molecule has 2 amide bonds. The fraction of sp³-hybridized carbons (Fsp3) is 0.688. The molecule has 2 rings (SSSR count). The molecular formula is C16H27ClN6O4. The number of nitro groups is 1. The van der Waals surface area contributed by atoms with Crippen LogP contribution in [-0.2, 0) is 16.1 Å². The molecule has 1 unspecified atom stereocenters. The molecule has 1 aromatic heterocycles. The molecule has 3 N–H and O–H groups in total. The molecule has 2 heterocycles. The van der Waals surface area contributed by atoms with Gasteiger partial charge in [0.2, 0.25) is 11.8 Å². The number of amides is 2. The molecule has 1 saturated heterocycles. The van der Waals surface area contributed by atoms with Crippen molar-refractivity contribution < 1.29 is 14.5 Å². The van der Waals surface area contributed by atoms with Gasteiger partial charge in [-0.1, -0.05) is 0 Å². The van der Waals surface area contributed by atoms with Crippen molar-refractivity contribution in [1.82, 2.24) is 20.0 Å². The lowest BCUT2D eigenvalue weighted by Gasteiger charge is -2.32. The SMILES string of the molecule is Cc1nn(CCC(=O)N2CCCC(C(=O)NCCN)C2)c(C)c1[N+](=O)[O-].Cl. The van der Waals surface area contributed by atoms with Crippen LogP contribution in [0.15, 0.2) is 0 Å². The summed E-state index contributed by atoms with van der Waals surface area (Å²) >= 11 is 0. The normalized spacial score (nSPS) is 16.6. The summed E-state index contributed by atoms with van der Waals surface area (Å²) in [5, 5.41) is 18.0. The largest absolute Gasteiger partial charge is 0.355 e. The van der Waals surface area contributed by atoms with E-state index in [1.54, 1.807) is 18.7 Å². The number of nitrogens with zero attached hydrogens (tertiary/aromatic N) is 4. The third-order valence-corrected chi connectivity index (χ3v) is 4.65. The molecule has 0 aliphatic carbocycles. The maximum Gasteiger partial charge on any atom is 0.312 e. The Balaban J connectivity index is 0.00000364. The first-order valence-corrected chi connectivity index (χ1v) is 8.79. The zero-order valence-corrected chi connectivity index (χ0v) is 16.5. The number of hydrogen-bond acceptors (Lipinski definition) is 6. The fourth-order valence-electron chi connectivity index (χ4n) is 3.29. The first-order valence-electron chi connectivity index (χ1n) is 8.79. The van der Waals surface area contributed by atoms with Crippen molar-refractivity contribution in [2.75, 3.05) is 26.2 Å². The molecular weight excluding hydrogens is 376 g/mol. The second-order valence-corrected chi connectivity index (χ2v) is 6.51. The smallest absolute Gasteiger partial charge is 0.312 e. The van der Waals surface area contributed by atoms with Crippen LogP contribution in [-0.4, -0.2) is 57.6 Å². The van der Waals surface area contributed by atoms with Gasteiger partial charge in [0.1, 0.15) is 11.4 Å². The fourth-order valence-corrected chi connectivity index (χ4v) is 3.29. The Morgan fingerprint density at radius 3 is 2.70 bits per heavy atom. The van der Waals surface area contributed by atoms with Crippen molar-refractivity contribution in [2.24, 2.45) is 11.7 Å². The van der Waals surface area contributed by atoms with Gasteiger partial charge in [0.25, 0.3) is 0 Å². The van der Waals surface area contributed by atoms with Crippen LogP contribution < -0.4 is 11.1 Å². The van der Waals surface area contributed by atoms with Crippen LogP contribution in [0.1, 0.15) is 30.7 Å². The van der Waals surface area contributed by atoms with Crippen molar-refractivity contribution in [1.29, 1.82) is 0 Å². The van der Waals surface area contributed by atoms with Gasteiger partial charge >= 0.3 is 5.69 Å². The highest BCUT2D eigenvalue weighted by molar-refractivity contribution is 5.85. The molecule has 1 aromatic rings. The molecule has 1 atom stereocenters. The molecule has 0 bridgehead atoms. The predicted octanol–water partition coefficient (Wildman–Crippen LogP) is 0.534. The molecule has 0 saturated carbocycles. The third-order valence-electron chi connectivity index (χ3n) is 4.65. The summed E-state index contributed by atoms with van der Waals surface area (Å²) < 4.78 is 1.50. The minimum Gasteiger partial charge on any atom is -0.355 e. The van der Waals surface area contributed by atoms with E-state index in [1.807, 2.05) is 0 Å². The van der Waals surface area contributed by atoms with Crippen LogP contribution in [0.25, 0.3) is 0 Å². The summed E-state index contributed by atoms with van der Waals surface area (Å²) in [5.74, 6) is -0.354. The number of hydrogen-bond donors (Lipinski definition) is 2. The van der Waals surface area contributed by atoms with Crippen molar-refractivity contribution in [3.05, 3.63) is 21.5 Å². The van der Waals surface area contributed by atoms with Gasteiger partial charge in [0.15, 0.2) is 0 Å².